The molecule has 0 unspecified atom stereocenters. The van der Waals surface area contributed by atoms with Crippen LogP contribution in [0.15, 0.2) is 0 Å². The van der Waals surface area contributed by atoms with Crippen LogP contribution in [0, 0.1) is 0 Å². The first-order valence-corrected chi connectivity index (χ1v) is 4.35. The van der Waals surface area contributed by atoms with Crippen molar-refractivity contribution in [3.8, 4) is 0 Å². The van der Waals surface area contributed by atoms with Crippen molar-refractivity contribution < 1.29 is 18.9 Å². The van der Waals surface area contributed by atoms with Crippen LogP contribution < -0.4 is 5.73 Å². The van der Waals surface area contributed by atoms with Gasteiger partial charge in [-0.05, 0) is 13.8 Å². The van der Waals surface area contributed by atoms with Gasteiger partial charge in [-0.3, -0.25) is 4.52 Å². The highest BCUT2D eigenvalue weighted by Crippen LogP contribution is 2.37. The first-order valence-electron chi connectivity index (χ1n) is 2.82. The Morgan fingerprint density at radius 2 is 1.90 bits per heavy atom. The van der Waals surface area contributed by atoms with Gasteiger partial charge in [0.25, 0.3) is 0 Å². The van der Waals surface area contributed by atoms with Gasteiger partial charge in [0.1, 0.15) is 0 Å². The van der Waals surface area contributed by atoms with Crippen LogP contribution in [0.25, 0.3) is 0 Å². The van der Waals surface area contributed by atoms with Crippen LogP contribution in [0.1, 0.15) is 13.8 Å². The average molecular weight is 169 g/mol. The predicted molar refractivity (Wildman–Crippen MR) is 36.2 cm³/mol. The summed E-state index contributed by atoms with van der Waals surface area (Å²) in [4.78, 5) is 16.5. The maximum Gasteiger partial charge on any atom is 0.469 e. The van der Waals surface area contributed by atoms with E-state index in [1.165, 1.54) is 6.92 Å². The van der Waals surface area contributed by atoms with Gasteiger partial charge >= 0.3 is 7.82 Å². The van der Waals surface area contributed by atoms with Gasteiger partial charge in [-0.2, -0.15) is 0 Å². The molecule has 0 aromatic carbocycles. The van der Waals surface area contributed by atoms with E-state index in [0.717, 1.165) is 0 Å². The van der Waals surface area contributed by atoms with E-state index >= 15 is 0 Å². The van der Waals surface area contributed by atoms with Gasteiger partial charge in [0, 0.05) is 6.04 Å². The summed E-state index contributed by atoms with van der Waals surface area (Å²) in [5.41, 5.74) is 5.27. The molecular weight excluding hydrogens is 157 g/mol. The highest BCUT2D eigenvalue weighted by Gasteiger charge is 2.20. The fourth-order valence-corrected chi connectivity index (χ4v) is 0.938. The fourth-order valence-electron chi connectivity index (χ4n) is 0.313. The molecular formula is C4H12NO4P. The lowest BCUT2D eigenvalue weighted by molar-refractivity contribution is 0.130. The summed E-state index contributed by atoms with van der Waals surface area (Å²) in [5.74, 6) is 0. The van der Waals surface area contributed by atoms with Gasteiger partial charge in [0.15, 0.2) is 0 Å². The van der Waals surface area contributed by atoms with Gasteiger partial charge in [-0.15, -0.1) is 0 Å². The van der Waals surface area contributed by atoms with Crippen LogP contribution in [0.5, 0.6) is 0 Å². The second-order valence-electron chi connectivity index (χ2n) is 2.16. The van der Waals surface area contributed by atoms with Gasteiger partial charge in [0.05, 0.1) is 6.10 Å². The van der Waals surface area contributed by atoms with Crippen LogP contribution >= 0.6 is 7.82 Å². The molecule has 2 atom stereocenters. The normalized spacial score (nSPS) is 18.5. The number of nitrogens with two attached hydrogens (primary N) is 1. The summed E-state index contributed by atoms with van der Waals surface area (Å²) < 4.78 is 14.4. The van der Waals surface area contributed by atoms with Crippen molar-refractivity contribution in [2.24, 2.45) is 5.73 Å². The zero-order valence-corrected chi connectivity index (χ0v) is 6.78. The number of rotatable bonds is 3. The highest BCUT2D eigenvalue weighted by atomic mass is 31.2. The van der Waals surface area contributed by atoms with Crippen molar-refractivity contribution in [1.82, 2.24) is 0 Å². The second kappa shape index (κ2) is 3.46. The molecule has 6 heteroatoms. The molecule has 4 N–H and O–H groups in total. The van der Waals surface area contributed by atoms with Crippen LogP contribution in [-0.2, 0) is 9.09 Å². The number of hydrogen-bond donors (Lipinski definition) is 3. The molecule has 0 saturated heterocycles. The van der Waals surface area contributed by atoms with E-state index < -0.39 is 13.9 Å². The molecule has 0 aromatic heterocycles. The maximum atomic E-state index is 10.2. The van der Waals surface area contributed by atoms with E-state index in [9.17, 15) is 4.57 Å². The van der Waals surface area contributed by atoms with Crippen molar-refractivity contribution >= 4 is 7.82 Å². The average Bonchev–Trinajstić information content (AvgIpc) is 1.60. The summed E-state index contributed by atoms with van der Waals surface area (Å²) in [6, 6.07) is -0.382. The minimum Gasteiger partial charge on any atom is -0.326 e. The standard InChI is InChI=1S/C4H12NO4P/c1-3(5)4(2)9-10(6,7)8/h3-4H,5H2,1-2H3,(H2,6,7,8)/t3-,4-/m0/s1. The molecule has 0 fully saturated rings. The van der Waals surface area contributed by atoms with Crippen molar-refractivity contribution in [2.75, 3.05) is 0 Å². The summed E-state index contributed by atoms with van der Waals surface area (Å²) in [6.45, 7) is 3.12. The van der Waals surface area contributed by atoms with E-state index in [2.05, 4.69) is 4.52 Å². The molecule has 0 aromatic rings. The number of phosphoric acid groups is 1. The molecule has 62 valence electrons. The molecule has 0 aliphatic rings. The van der Waals surface area contributed by atoms with E-state index in [4.69, 9.17) is 15.5 Å². The minimum absolute atomic E-state index is 0.382. The summed E-state index contributed by atoms with van der Waals surface area (Å²) in [7, 11) is -4.36. The molecule has 0 rings (SSSR count). The Balaban J connectivity index is 3.80. The summed E-state index contributed by atoms with van der Waals surface area (Å²) >= 11 is 0. The maximum absolute atomic E-state index is 10.2. The molecule has 0 amide bonds. The molecule has 0 spiro atoms. The quantitative estimate of drug-likeness (QED) is 0.510. The molecule has 0 radical (unpaired) electrons. The highest BCUT2D eigenvalue weighted by molar-refractivity contribution is 7.46. The Hall–Kier alpha value is 0.0700. The van der Waals surface area contributed by atoms with E-state index in [1.54, 1.807) is 6.92 Å². The summed E-state index contributed by atoms with van der Waals surface area (Å²) in [6.07, 6.45) is -0.624. The smallest absolute Gasteiger partial charge is 0.326 e. The Morgan fingerprint density at radius 3 is 2.00 bits per heavy atom. The minimum atomic E-state index is -4.36. The van der Waals surface area contributed by atoms with Crippen LogP contribution in [0.4, 0.5) is 0 Å². The van der Waals surface area contributed by atoms with Gasteiger partial charge in [-0.25, -0.2) is 4.57 Å². The topological polar surface area (TPSA) is 92.8 Å². The van der Waals surface area contributed by atoms with Gasteiger partial charge in [-0.1, -0.05) is 0 Å². The van der Waals surface area contributed by atoms with Crippen molar-refractivity contribution in [3.63, 3.8) is 0 Å². The Morgan fingerprint density at radius 1 is 1.50 bits per heavy atom. The van der Waals surface area contributed by atoms with Crippen LogP contribution in [0.3, 0.4) is 0 Å². The fraction of sp³-hybridized carbons (Fsp3) is 1.00. The zero-order chi connectivity index (χ0) is 8.36. The Bertz CT molecular complexity index is 142. The molecule has 0 aliphatic heterocycles. The van der Waals surface area contributed by atoms with Gasteiger partial charge in [0.2, 0.25) is 0 Å². The first-order chi connectivity index (χ1) is 4.33. The van der Waals surface area contributed by atoms with Crippen molar-refractivity contribution in [2.45, 2.75) is 26.0 Å². The SMILES string of the molecule is C[C@H](N)[C@H](C)OP(=O)(O)O. The van der Waals surface area contributed by atoms with Crippen molar-refractivity contribution in [3.05, 3.63) is 0 Å². The molecule has 0 saturated carbocycles. The third-order valence-electron chi connectivity index (χ3n) is 1.04. The van der Waals surface area contributed by atoms with Crippen molar-refractivity contribution in [1.29, 1.82) is 0 Å². The lowest BCUT2D eigenvalue weighted by Gasteiger charge is -2.16. The zero-order valence-electron chi connectivity index (χ0n) is 5.89. The molecule has 0 aliphatic carbocycles. The Labute approximate surface area is 59.4 Å². The monoisotopic (exact) mass is 169 g/mol. The van der Waals surface area contributed by atoms with E-state index in [1.807, 2.05) is 0 Å². The summed E-state index contributed by atoms with van der Waals surface area (Å²) in [5, 5.41) is 0. The van der Waals surface area contributed by atoms with E-state index in [0.29, 0.717) is 0 Å². The predicted octanol–water partition coefficient (Wildman–Crippen LogP) is -0.169. The second-order valence-corrected chi connectivity index (χ2v) is 3.35. The largest absolute Gasteiger partial charge is 0.469 e. The molecule has 5 nitrogen and oxygen atoms in total. The lowest BCUT2D eigenvalue weighted by Crippen LogP contribution is -2.30. The Kier molecular flexibility index (Phi) is 3.48. The van der Waals surface area contributed by atoms with E-state index in [-0.39, 0.29) is 6.04 Å². The third kappa shape index (κ3) is 4.90. The third-order valence-corrected chi connectivity index (χ3v) is 1.65. The molecule has 0 bridgehead atoms. The first kappa shape index (κ1) is 10.1. The van der Waals surface area contributed by atoms with Crippen LogP contribution in [0.2, 0.25) is 0 Å². The number of hydrogen-bond acceptors (Lipinski definition) is 3. The lowest BCUT2D eigenvalue weighted by atomic mass is 10.2. The number of phosphoric ester groups is 1. The van der Waals surface area contributed by atoms with Crippen LogP contribution in [-0.4, -0.2) is 21.9 Å². The molecule has 10 heavy (non-hydrogen) atoms. The van der Waals surface area contributed by atoms with Gasteiger partial charge < -0.3 is 15.5 Å². The molecule has 0 heterocycles.